The Hall–Kier alpha value is -2.28. The molecule has 0 bridgehead atoms. The van der Waals surface area contributed by atoms with Crippen LogP contribution >= 0.6 is 0 Å². The van der Waals surface area contributed by atoms with Gasteiger partial charge in [-0.1, -0.05) is 30.3 Å². The first kappa shape index (κ1) is 18.8. The number of benzene rings is 1. The first-order valence-corrected chi connectivity index (χ1v) is 7.39. The van der Waals surface area contributed by atoms with Crippen LogP contribution < -0.4 is 16.0 Å². The number of hydrogen-bond acceptors (Lipinski definition) is 4. The average molecular weight is 323 g/mol. The van der Waals surface area contributed by atoms with Crippen molar-refractivity contribution < 1.29 is 19.1 Å². The Labute approximate surface area is 136 Å². The summed E-state index contributed by atoms with van der Waals surface area (Å²) in [6.07, 6.45) is -1.32. The van der Waals surface area contributed by atoms with E-state index in [-0.39, 0.29) is 6.61 Å². The lowest BCUT2D eigenvalue weighted by Crippen LogP contribution is -2.53. The van der Waals surface area contributed by atoms with Gasteiger partial charge in [0.25, 0.3) is 0 Å². The molecular formula is C16H25N3O4. The molecule has 0 saturated heterocycles. The van der Waals surface area contributed by atoms with Gasteiger partial charge in [0.1, 0.15) is 11.8 Å². The van der Waals surface area contributed by atoms with Gasteiger partial charge in [-0.15, -0.1) is 0 Å². The van der Waals surface area contributed by atoms with E-state index >= 15 is 0 Å². The fourth-order valence-electron chi connectivity index (χ4n) is 1.67. The van der Waals surface area contributed by atoms with Crippen LogP contribution in [0.2, 0.25) is 0 Å². The zero-order chi connectivity index (χ0) is 17.3. The van der Waals surface area contributed by atoms with Crippen molar-refractivity contribution in [2.75, 3.05) is 13.7 Å². The second-order valence-corrected chi connectivity index (χ2v) is 5.92. The van der Waals surface area contributed by atoms with Crippen LogP contribution in [0.4, 0.5) is 9.59 Å². The molecule has 7 nitrogen and oxygen atoms in total. The van der Waals surface area contributed by atoms with Gasteiger partial charge < -0.3 is 20.1 Å². The lowest BCUT2D eigenvalue weighted by molar-refractivity contribution is 0.0411. The minimum atomic E-state index is -0.700. The second kappa shape index (κ2) is 8.99. The predicted octanol–water partition coefficient (Wildman–Crippen LogP) is 1.98. The fraction of sp³-hybridized carbons (Fsp3) is 0.500. The number of carbonyl (C=O) groups excluding carboxylic acids is 2. The third-order valence-electron chi connectivity index (χ3n) is 2.62. The molecule has 0 aromatic heterocycles. The van der Waals surface area contributed by atoms with Gasteiger partial charge in [0.15, 0.2) is 0 Å². The fourth-order valence-corrected chi connectivity index (χ4v) is 1.67. The molecule has 0 fully saturated rings. The summed E-state index contributed by atoms with van der Waals surface area (Å²) in [6, 6.07) is 9.19. The van der Waals surface area contributed by atoms with Crippen molar-refractivity contribution in [1.29, 1.82) is 0 Å². The van der Waals surface area contributed by atoms with Crippen molar-refractivity contribution in [2.45, 2.75) is 39.1 Å². The first-order chi connectivity index (χ1) is 10.8. The van der Waals surface area contributed by atoms with Crippen LogP contribution in [-0.4, -0.2) is 37.5 Å². The number of amides is 3. The van der Waals surface area contributed by atoms with Gasteiger partial charge in [0, 0.05) is 7.05 Å². The van der Waals surface area contributed by atoms with Crippen molar-refractivity contribution in [1.82, 2.24) is 16.0 Å². The number of hydrogen-bond donors (Lipinski definition) is 3. The van der Waals surface area contributed by atoms with E-state index in [1.165, 1.54) is 7.05 Å². The van der Waals surface area contributed by atoms with Crippen LogP contribution in [0.25, 0.3) is 0 Å². The van der Waals surface area contributed by atoms with Crippen LogP contribution in [-0.2, 0) is 16.1 Å². The molecule has 0 heterocycles. The molecule has 0 aliphatic carbocycles. The number of nitrogens with one attached hydrogen (secondary N) is 3. The van der Waals surface area contributed by atoms with Crippen LogP contribution in [0.15, 0.2) is 30.3 Å². The SMILES string of the molecule is CNC(=O)NC(COCc1ccccc1)NC(=O)OC(C)(C)C. The average Bonchev–Trinajstić information content (AvgIpc) is 2.46. The van der Waals surface area contributed by atoms with Crippen LogP contribution in [0.3, 0.4) is 0 Å². The summed E-state index contributed by atoms with van der Waals surface area (Å²) in [4.78, 5) is 23.3. The van der Waals surface area contributed by atoms with E-state index in [0.29, 0.717) is 6.61 Å². The van der Waals surface area contributed by atoms with Crippen molar-refractivity contribution >= 4 is 12.1 Å². The lowest BCUT2D eigenvalue weighted by atomic mass is 10.2. The molecule has 1 atom stereocenters. The Kier molecular flexibility index (Phi) is 7.34. The maximum absolute atomic E-state index is 11.8. The molecule has 128 valence electrons. The van der Waals surface area contributed by atoms with Gasteiger partial charge in [-0.2, -0.15) is 0 Å². The molecule has 0 aliphatic rings. The second-order valence-electron chi connectivity index (χ2n) is 5.92. The highest BCUT2D eigenvalue weighted by Crippen LogP contribution is 2.07. The van der Waals surface area contributed by atoms with Crippen molar-refractivity contribution in [3.63, 3.8) is 0 Å². The summed E-state index contributed by atoms with van der Waals surface area (Å²) in [6.45, 7) is 5.78. The molecule has 3 N–H and O–H groups in total. The molecular weight excluding hydrogens is 298 g/mol. The Balaban J connectivity index is 2.51. The number of alkyl carbamates (subject to hydrolysis) is 1. The molecule has 0 aliphatic heterocycles. The van der Waals surface area contributed by atoms with E-state index < -0.39 is 23.9 Å². The highest BCUT2D eigenvalue weighted by Gasteiger charge is 2.20. The van der Waals surface area contributed by atoms with Crippen molar-refractivity contribution in [2.24, 2.45) is 0 Å². The molecule has 0 spiro atoms. The van der Waals surface area contributed by atoms with Crippen LogP contribution in [0.1, 0.15) is 26.3 Å². The molecule has 0 saturated carbocycles. The standard InChI is InChI=1S/C16H25N3O4/c1-16(2,3)23-15(21)19-13(18-14(20)17-4)11-22-10-12-8-6-5-7-9-12/h5-9,13H,10-11H2,1-4H3,(H,19,21)(H2,17,18,20). The number of carbonyl (C=O) groups is 2. The highest BCUT2D eigenvalue weighted by molar-refractivity contribution is 5.75. The lowest BCUT2D eigenvalue weighted by Gasteiger charge is -2.24. The monoisotopic (exact) mass is 323 g/mol. The van der Waals surface area contributed by atoms with E-state index in [9.17, 15) is 9.59 Å². The topological polar surface area (TPSA) is 88.7 Å². The quantitative estimate of drug-likeness (QED) is 0.699. The Morgan fingerprint density at radius 2 is 1.78 bits per heavy atom. The van der Waals surface area contributed by atoms with E-state index in [2.05, 4.69) is 16.0 Å². The van der Waals surface area contributed by atoms with Crippen molar-refractivity contribution in [3.05, 3.63) is 35.9 Å². The maximum Gasteiger partial charge on any atom is 0.409 e. The van der Waals surface area contributed by atoms with E-state index in [4.69, 9.17) is 9.47 Å². The van der Waals surface area contributed by atoms with Gasteiger partial charge in [0.05, 0.1) is 13.2 Å². The summed E-state index contributed by atoms with van der Waals surface area (Å²) in [5.41, 5.74) is 0.385. The number of urea groups is 1. The van der Waals surface area contributed by atoms with E-state index in [1.807, 2.05) is 30.3 Å². The van der Waals surface area contributed by atoms with Gasteiger partial charge in [0.2, 0.25) is 0 Å². The van der Waals surface area contributed by atoms with E-state index in [1.54, 1.807) is 20.8 Å². The zero-order valence-electron chi connectivity index (χ0n) is 14.0. The molecule has 0 radical (unpaired) electrons. The molecule has 23 heavy (non-hydrogen) atoms. The summed E-state index contributed by atoms with van der Waals surface area (Å²) in [5, 5.41) is 7.58. The summed E-state index contributed by atoms with van der Waals surface area (Å²) < 4.78 is 10.7. The van der Waals surface area contributed by atoms with Gasteiger partial charge in [-0.05, 0) is 26.3 Å². The van der Waals surface area contributed by atoms with Crippen LogP contribution in [0.5, 0.6) is 0 Å². The molecule has 7 heteroatoms. The third kappa shape index (κ3) is 8.67. The highest BCUT2D eigenvalue weighted by atomic mass is 16.6. The van der Waals surface area contributed by atoms with Crippen LogP contribution in [0, 0.1) is 0 Å². The molecule has 1 aromatic carbocycles. The third-order valence-corrected chi connectivity index (χ3v) is 2.62. The minimum Gasteiger partial charge on any atom is -0.444 e. The minimum absolute atomic E-state index is 0.113. The summed E-state index contributed by atoms with van der Waals surface area (Å²) in [5.74, 6) is 0. The first-order valence-electron chi connectivity index (χ1n) is 7.39. The van der Waals surface area contributed by atoms with Gasteiger partial charge in [-0.25, -0.2) is 9.59 Å². The van der Waals surface area contributed by atoms with Crippen molar-refractivity contribution in [3.8, 4) is 0 Å². The molecule has 1 rings (SSSR count). The van der Waals surface area contributed by atoms with E-state index in [0.717, 1.165) is 5.56 Å². The summed E-state index contributed by atoms with van der Waals surface area (Å²) in [7, 11) is 1.49. The Bertz CT molecular complexity index is 500. The Morgan fingerprint density at radius 3 is 2.35 bits per heavy atom. The maximum atomic E-state index is 11.8. The largest absolute Gasteiger partial charge is 0.444 e. The number of rotatable bonds is 6. The van der Waals surface area contributed by atoms with Gasteiger partial charge >= 0.3 is 12.1 Å². The molecule has 3 amide bonds. The molecule has 1 aromatic rings. The zero-order valence-corrected chi connectivity index (χ0v) is 14.0. The Morgan fingerprint density at radius 1 is 1.13 bits per heavy atom. The summed E-state index contributed by atoms with van der Waals surface area (Å²) >= 11 is 0. The molecule has 1 unspecified atom stereocenters. The smallest absolute Gasteiger partial charge is 0.409 e. The normalized spacial score (nSPS) is 12.2. The number of ether oxygens (including phenoxy) is 2. The predicted molar refractivity (Wildman–Crippen MR) is 86.8 cm³/mol. The van der Waals surface area contributed by atoms with Gasteiger partial charge in [-0.3, -0.25) is 5.32 Å².